The molecule has 1 heterocycles. The van der Waals surface area contributed by atoms with Crippen molar-refractivity contribution < 1.29 is 4.79 Å². The first kappa shape index (κ1) is 14.9. The van der Waals surface area contributed by atoms with E-state index in [0.29, 0.717) is 0 Å². The summed E-state index contributed by atoms with van der Waals surface area (Å²) in [7, 11) is 0. The standard InChI is InChI=1S/C19H19NOS/c1-14(2)17(21)12-19-20(13-15-8-4-3-5-9-15)16-10-6-7-11-18(16)22-19/h3-12,14H,13H2,1-2H3/b19-12+. The fourth-order valence-electron chi connectivity index (χ4n) is 2.38. The number of allylic oxidation sites excluding steroid dienone is 1. The summed E-state index contributed by atoms with van der Waals surface area (Å²) in [4.78, 5) is 15.6. The van der Waals surface area contributed by atoms with Crippen LogP contribution in [0.2, 0.25) is 0 Å². The third kappa shape index (κ3) is 3.09. The minimum atomic E-state index is 0.0235. The van der Waals surface area contributed by atoms with E-state index in [1.807, 2.05) is 44.2 Å². The minimum absolute atomic E-state index is 0.0235. The maximum absolute atomic E-state index is 12.1. The number of hydrogen-bond acceptors (Lipinski definition) is 3. The summed E-state index contributed by atoms with van der Waals surface area (Å²) in [6.45, 7) is 4.66. The Hall–Kier alpha value is -2.00. The van der Waals surface area contributed by atoms with Crippen LogP contribution >= 0.6 is 11.8 Å². The molecule has 0 amide bonds. The van der Waals surface area contributed by atoms with E-state index in [9.17, 15) is 4.79 Å². The van der Waals surface area contributed by atoms with Gasteiger partial charge in [0.1, 0.15) is 0 Å². The number of carbonyl (C=O) groups is 1. The van der Waals surface area contributed by atoms with Crippen molar-refractivity contribution in [1.82, 2.24) is 0 Å². The fourth-order valence-corrected chi connectivity index (χ4v) is 3.48. The molecule has 1 aliphatic heterocycles. The molecule has 0 radical (unpaired) electrons. The molecular formula is C19H19NOS. The zero-order valence-electron chi connectivity index (χ0n) is 12.8. The molecule has 0 saturated carbocycles. The lowest BCUT2D eigenvalue weighted by atomic mass is 10.1. The molecule has 2 aromatic carbocycles. The number of thioether (sulfide) groups is 1. The van der Waals surface area contributed by atoms with Crippen LogP contribution in [0.4, 0.5) is 5.69 Å². The van der Waals surface area contributed by atoms with Crippen molar-refractivity contribution in [2.75, 3.05) is 4.90 Å². The SMILES string of the molecule is CC(C)C(=O)/C=C1/Sc2ccccc2N1Cc1ccccc1. The molecule has 0 spiro atoms. The second-order valence-electron chi connectivity index (χ2n) is 5.68. The molecule has 0 atom stereocenters. The van der Waals surface area contributed by atoms with E-state index in [0.717, 1.165) is 11.6 Å². The highest BCUT2D eigenvalue weighted by Crippen LogP contribution is 2.46. The Bertz CT molecular complexity index is 706. The zero-order chi connectivity index (χ0) is 15.5. The average molecular weight is 309 g/mol. The van der Waals surface area contributed by atoms with Crippen LogP contribution in [0.15, 0.2) is 70.6 Å². The Morgan fingerprint density at radius 2 is 1.77 bits per heavy atom. The molecule has 22 heavy (non-hydrogen) atoms. The van der Waals surface area contributed by atoms with Crippen molar-refractivity contribution in [3.05, 3.63) is 71.3 Å². The molecule has 112 valence electrons. The summed E-state index contributed by atoms with van der Waals surface area (Å²) in [5.41, 5.74) is 2.42. The molecule has 0 saturated heterocycles. The van der Waals surface area contributed by atoms with Gasteiger partial charge < -0.3 is 4.90 Å². The number of carbonyl (C=O) groups excluding carboxylic acids is 1. The van der Waals surface area contributed by atoms with E-state index >= 15 is 0 Å². The lowest BCUT2D eigenvalue weighted by molar-refractivity contribution is -0.117. The van der Waals surface area contributed by atoms with E-state index < -0.39 is 0 Å². The summed E-state index contributed by atoms with van der Waals surface area (Å²) in [6.07, 6.45) is 1.79. The van der Waals surface area contributed by atoms with Crippen LogP contribution in [-0.4, -0.2) is 5.78 Å². The van der Waals surface area contributed by atoms with E-state index in [1.165, 1.54) is 16.1 Å². The van der Waals surface area contributed by atoms with Gasteiger partial charge in [-0.1, -0.05) is 68.1 Å². The molecule has 3 heteroatoms. The first-order valence-corrected chi connectivity index (χ1v) is 8.30. The van der Waals surface area contributed by atoms with Gasteiger partial charge in [-0.25, -0.2) is 0 Å². The molecular weight excluding hydrogens is 290 g/mol. The summed E-state index contributed by atoms with van der Waals surface area (Å²) < 4.78 is 0. The lowest BCUT2D eigenvalue weighted by Crippen LogP contribution is -2.18. The van der Waals surface area contributed by atoms with Crippen molar-refractivity contribution in [2.45, 2.75) is 25.3 Å². The number of hydrogen-bond donors (Lipinski definition) is 0. The van der Waals surface area contributed by atoms with Gasteiger partial charge in [0.25, 0.3) is 0 Å². The molecule has 0 bridgehead atoms. The molecule has 2 aromatic rings. The maximum Gasteiger partial charge on any atom is 0.160 e. The molecule has 0 N–H and O–H groups in total. The van der Waals surface area contributed by atoms with Gasteiger partial charge in [0, 0.05) is 23.4 Å². The van der Waals surface area contributed by atoms with E-state index in [4.69, 9.17) is 0 Å². The highest BCUT2D eigenvalue weighted by atomic mass is 32.2. The molecule has 0 aliphatic carbocycles. The Morgan fingerprint density at radius 3 is 2.50 bits per heavy atom. The molecule has 0 fully saturated rings. The number of benzene rings is 2. The van der Waals surface area contributed by atoms with Gasteiger partial charge >= 0.3 is 0 Å². The smallest absolute Gasteiger partial charge is 0.160 e. The average Bonchev–Trinajstić information content (AvgIpc) is 2.86. The summed E-state index contributed by atoms with van der Waals surface area (Å²) >= 11 is 1.68. The van der Waals surface area contributed by atoms with E-state index in [2.05, 4.69) is 29.2 Å². The van der Waals surface area contributed by atoms with Crippen LogP contribution in [0.25, 0.3) is 0 Å². The van der Waals surface area contributed by atoms with Gasteiger partial charge in [-0.05, 0) is 17.7 Å². The number of para-hydroxylation sites is 1. The fraction of sp³-hybridized carbons (Fsp3) is 0.211. The van der Waals surface area contributed by atoms with E-state index in [-0.39, 0.29) is 11.7 Å². The Morgan fingerprint density at radius 1 is 1.09 bits per heavy atom. The molecule has 1 aliphatic rings. The normalized spacial score (nSPS) is 15.4. The Balaban J connectivity index is 1.95. The van der Waals surface area contributed by atoms with Crippen molar-refractivity contribution in [3.8, 4) is 0 Å². The highest BCUT2D eigenvalue weighted by Gasteiger charge is 2.25. The predicted molar refractivity (Wildman–Crippen MR) is 92.9 cm³/mol. The monoisotopic (exact) mass is 309 g/mol. The van der Waals surface area contributed by atoms with Crippen LogP contribution in [-0.2, 0) is 11.3 Å². The first-order chi connectivity index (χ1) is 10.6. The maximum atomic E-state index is 12.1. The molecule has 0 unspecified atom stereocenters. The quantitative estimate of drug-likeness (QED) is 0.752. The number of fused-ring (bicyclic) bond motifs is 1. The van der Waals surface area contributed by atoms with Gasteiger partial charge in [-0.15, -0.1) is 0 Å². The zero-order valence-corrected chi connectivity index (χ0v) is 13.6. The van der Waals surface area contributed by atoms with Crippen LogP contribution in [0.5, 0.6) is 0 Å². The second-order valence-corrected chi connectivity index (χ2v) is 6.74. The van der Waals surface area contributed by atoms with Gasteiger partial charge in [0.2, 0.25) is 0 Å². The Kier molecular flexibility index (Phi) is 4.34. The van der Waals surface area contributed by atoms with E-state index in [1.54, 1.807) is 17.8 Å². The van der Waals surface area contributed by atoms with Crippen LogP contribution in [0, 0.1) is 5.92 Å². The van der Waals surface area contributed by atoms with Gasteiger partial charge in [0.15, 0.2) is 5.78 Å². The third-order valence-corrected chi connectivity index (χ3v) is 4.77. The summed E-state index contributed by atoms with van der Waals surface area (Å²) in [6, 6.07) is 18.7. The Labute approximate surface area is 135 Å². The largest absolute Gasteiger partial charge is 0.330 e. The summed E-state index contributed by atoms with van der Waals surface area (Å²) in [5, 5.41) is 1.02. The lowest BCUT2D eigenvalue weighted by Gasteiger charge is -2.20. The van der Waals surface area contributed by atoms with Crippen molar-refractivity contribution >= 4 is 23.2 Å². The summed E-state index contributed by atoms with van der Waals surface area (Å²) in [5.74, 6) is 0.198. The second kappa shape index (κ2) is 6.41. The third-order valence-electron chi connectivity index (χ3n) is 3.65. The van der Waals surface area contributed by atoms with Crippen molar-refractivity contribution in [1.29, 1.82) is 0 Å². The predicted octanol–water partition coefficient (Wildman–Crippen LogP) is 4.87. The van der Waals surface area contributed by atoms with Crippen LogP contribution < -0.4 is 4.90 Å². The highest BCUT2D eigenvalue weighted by molar-refractivity contribution is 8.03. The number of ketones is 1. The molecule has 3 rings (SSSR count). The number of anilines is 1. The van der Waals surface area contributed by atoms with Crippen LogP contribution in [0.1, 0.15) is 19.4 Å². The van der Waals surface area contributed by atoms with Gasteiger partial charge in [0.05, 0.1) is 10.7 Å². The van der Waals surface area contributed by atoms with Gasteiger partial charge in [-0.2, -0.15) is 0 Å². The minimum Gasteiger partial charge on any atom is -0.330 e. The van der Waals surface area contributed by atoms with Crippen LogP contribution in [0.3, 0.4) is 0 Å². The first-order valence-electron chi connectivity index (χ1n) is 7.49. The molecule has 0 aromatic heterocycles. The van der Waals surface area contributed by atoms with Crippen molar-refractivity contribution in [2.24, 2.45) is 5.92 Å². The van der Waals surface area contributed by atoms with Gasteiger partial charge in [-0.3, -0.25) is 4.79 Å². The molecule has 2 nitrogen and oxygen atoms in total. The topological polar surface area (TPSA) is 20.3 Å². The number of rotatable bonds is 4. The number of nitrogens with zero attached hydrogens (tertiary/aromatic N) is 1. The van der Waals surface area contributed by atoms with Crippen molar-refractivity contribution in [3.63, 3.8) is 0 Å².